The highest BCUT2D eigenvalue weighted by atomic mass is 35.5. The third kappa shape index (κ3) is 8.10. The molecule has 0 spiro atoms. The molecule has 1 heterocycles. The second-order valence-electron chi connectivity index (χ2n) is 9.05. The number of carbonyl (C=O) groups is 2. The van der Waals surface area contributed by atoms with Crippen molar-refractivity contribution < 1.29 is 14.3 Å². The van der Waals surface area contributed by atoms with E-state index >= 15 is 0 Å². The van der Waals surface area contributed by atoms with Crippen molar-refractivity contribution >= 4 is 29.5 Å². The van der Waals surface area contributed by atoms with Crippen LogP contribution in [0.15, 0.2) is 54.6 Å². The molecule has 1 aliphatic rings. The van der Waals surface area contributed by atoms with E-state index in [2.05, 4.69) is 11.8 Å². The molecule has 36 heavy (non-hydrogen) atoms. The van der Waals surface area contributed by atoms with E-state index in [9.17, 15) is 9.59 Å². The van der Waals surface area contributed by atoms with Gasteiger partial charge in [-0.05, 0) is 24.6 Å². The molecule has 0 N–H and O–H groups in total. The minimum atomic E-state index is -0.0190. The van der Waals surface area contributed by atoms with Crippen molar-refractivity contribution in [2.75, 3.05) is 52.9 Å². The van der Waals surface area contributed by atoms with Crippen molar-refractivity contribution in [3.63, 3.8) is 0 Å². The van der Waals surface area contributed by atoms with Gasteiger partial charge in [-0.1, -0.05) is 73.9 Å². The largest absolute Gasteiger partial charge is 0.496 e. The lowest BCUT2D eigenvalue weighted by molar-refractivity contribution is -0.131. The zero-order valence-corrected chi connectivity index (χ0v) is 22.3. The fourth-order valence-electron chi connectivity index (χ4n) is 4.35. The lowest BCUT2D eigenvalue weighted by Gasteiger charge is -2.36. The standard InChI is InChI=1S/C29H38ClN3O3/c1-3-4-5-16-28(34)32(17-10-12-24-11-6-9-15-27(24)36-2)21-18-31-19-22-33(23-20-31)29(35)25-13-7-8-14-26(25)30/h6-15H,3-5,16-23H2,1-2H3/b12-10+. The van der Waals surface area contributed by atoms with Gasteiger partial charge in [-0.15, -0.1) is 0 Å². The summed E-state index contributed by atoms with van der Waals surface area (Å²) in [6.45, 7) is 7.04. The van der Waals surface area contributed by atoms with Gasteiger partial charge in [0.15, 0.2) is 0 Å². The Morgan fingerprint density at radius 2 is 1.75 bits per heavy atom. The van der Waals surface area contributed by atoms with Gasteiger partial charge in [0.25, 0.3) is 5.91 Å². The molecule has 194 valence electrons. The summed E-state index contributed by atoms with van der Waals surface area (Å²) in [7, 11) is 1.66. The summed E-state index contributed by atoms with van der Waals surface area (Å²) >= 11 is 6.22. The van der Waals surface area contributed by atoms with E-state index in [1.54, 1.807) is 19.2 Å². The number of hydrogen-bond donors (Lipinski definition) is 0. The van der Waals surface area contributed by atoms with Crippen LogP contribution in [0.25, 0.3) is 6.08 Å². The number of ether oxygens (including phenoxy) is 1. The van der Waals surface area contributed by atoms with E-state index in [0.717, 1.165) is 50.2 Å². The number of para-hydroxylation sites is 1. The van der Waals surface area contributed by atoms with Crippen LogP contribution in [0.5, 0.6) is 5.75 Å². The number of piperazine rings is 1. The fourth-order valence-corrected chi connectivity index (χ4v) is 4.57. The number of methoxy groups -OCH3 is 1. The van der Waals surface area contributed by atoms with Crippen LogP contribution < -0.4 is 4.74 Å². The average Bonchev–Trinajstić information content (AvgIpc) is 2.91. The molecule has 0 aliphatic carbocycles. The van der Waals surface area contributed by atoms with Gasteiger partial charge in [0.1, 0.15) is 5.75 Å². The number of halogens is 1. The lowest BCUT2D eigenvalue weighted by Crippen LogP contribution is -2.50. The summed E-state index contributed by atoms with van der Waals surface area (Å²) in [4.78, 5) is 31.9. The Morgan fingerprint density at radius 1 is 1.03 bits per heavy atom. The minimum Gasteiger partial charge on any atom is -0.496 e. The normalized spacial score (nSPS) is 14.2. The molecule has 1 fully saturated rings. The van der Waals surface area contributed by atoms with Crippen LogP contribution in [-0.2, 0) is 4.79 Å². The zero-order valence-electron chi connectivity index (χ0n) is 21.5. The number of hydrogen-bond acceptors (Lipinski definition) is 4. The maximum Gasteiger partial charge on any atom is 0.255 e. The highest BCUT2D eigenvalue weighted by Crippen LogP contribution is 2.19. The molecule has 2 aromatic rings. The van der Waals surface area contributed by atoms with Gasteiger partial charge in [0, 0.05) is 57.8 Å². The van der Waals surface area contributed by atoms with E-state index in [0.29, 0.717) is 43.2 Å². The van der Waals surface area contributed by atoms with Crippen molar-refractivity contribution in [2.45, 2.75) is 32.6 Å². The summed E-state index contributed by atoms with van der Waals surface area (Å²) < 4.78 is 5.43. The molecule has 2 aromatic carbocycles. The molecule has 0 bridgehead atoms. The van der Waals surface area contributed by atoms with Crippen LogP contribution in [0.1, 0.15) is 48.5 Å². The summed E-state index contributed by atoms with van der Waals surface area (Å²) in [6, 6.07) is 15.1. The number of amides is 2. The Kier molecular flexibility index (Phi) is 11.3. The summed E-state index contributed by atoms with van der Waals surface area (Å²) in [5.41, 5.74) is 1.55. The van der Waals surface area contributed by atoms with Crippen molar-refractivity contribution in [2.24, 2.45) is 0 Å². The molecule has 1 aliphatic heterocycles. The van der Waals surface area contributed by atoms with Crippen LogP contribution in [-0.4, -0.2) is 79.4 Å². The van der Waals surface area contributed by atoms with E-state index in [-0.39, 0.29) is 11.8 Å². The van der Waals surface area contributed by atoms with E-state index in [4.69, 9.17) is 16.3 Å². The quantitative estimate of drug-likeness (QED) is 0.366. The number of nitrogens with zero attached hydrogens (tertiary/aromatic N) is 3. The highest BCUT2D eigenvalue weighted by Gasteiger charge is 2.24. The second kappa shape index (κ2) is 14.7. The molecule has 7 heteroatoms. The van der Waals surface area contributed by atoms with Gasteiger partial charge in [0.2, 0.25) is 5.91 Å². The Bertz CT molecular complexity index is 1020. The Hall–Kier alpha value is -2.83. The maximum atomic E-state index is 13.0. The first-order chi connectivity index (χ1) is 17.5. The third-order valence-corrected chi connectivity index (χ3v) is 6.89. The number of carbonyl (C=O) groups excluding carboxylic acids is 2. The van der Waals surface area contributed by atoms with Gasteiger partial charge in [-0.2, -0.15) is 0 Å². The fraction of sp³-hybridized carbons (Fsp3) is 0.448. The Balaban J connectivity index is 1.54. The lowest BCUT2D eigenvalue weighted by atomic mass is 10.1. The predicted octanol–water partition coefficient (Wildman–Crippen LogP) is 5.23. The first-order valence-electron chi connectivity index (χ1n) is 12.9. The van der Waals surface area contributed by atoms with Crippen LogP contribution in [0, 0.1) is 0 Å². The first-order valence-corrected chi connectivity index (χ1v) is 13.2. The zero-order chi connectivity index (χ0) is 25.8. The molecule has 0 saturated carbocycles. The van der Waals surface area contributed by atoms with E-state index < -0.39 is 0 Å². The van der Waals surface area contributed by atoms with Gasteiger partial charge in [-0.25, -0.2) is 0 Å². The Labute approximate surface area is 220 Å². The molecule has 0 atom stereocenters. The molecule has 0 radical (unpaired) electrons. The molecule has 1 saturated heterocycles. The molecule has 0 aromatic heterocycles. The van der Waals surface area contributed by atoms with Crippen molar-refractivity contribution in [3.8, 4) is 5.75 Å². The van der Waals surface area contributed by atoms with Crippen molar-refractivity contribution in [3.05, 3.63) is 70.8 Å². The monoisotopic (exact) mass is 511 g/mol. The van der Waals surface area contributed by atoms with Gasteiger partial charge < -0.3 is 14.5 Å². The molecule has 6 nitrogen and oxygen atoms in total. The van der Waals surface area contributed by atoms with E-state index in [1.165, 1.54) is 0 Å². The number of benzene rings is 2. The van der Waals surface area contributed by atoms with Crippen molar-refractivity contribution in [1.29, 1.82) is 0 Å². The van der Waals surface area contributed by atoms with Gasteiger partial charge in [-0.3, -0.25) is 14.5 Å². The third-order valence-electron chi connectivity index (χ3n) is 6.56. The SMILES string of the molecule is CCCCCC(=O)N(C/C=C/c1ccccc1OC)CCN1CCN(C(=O)c2ccccc2Cl)CC1. The summed E-state index contributed by atoms with van der Waals surface area (Å²) in [5.74, 6) is 0.994. The molecule has 2 amide bonds. The average molecular weight is 512 g/mol. The number of rotatable bonds is 12. The first kappa shape index (κ1) is 27.8. The van der Waals surface area contributed by atoms with Crippen LogP contribution in [0.2, 0.25) is 5.02 Å². The van der Waals surface area contributed by atoms with Crippen LogP contribution >= 0.6 is 11.6 Å². The second-order valence-corrected chi connectivity index (χ2v) is 9.46. The van der Waals surface area contributed by atoms with Crippen LogP contribution in [0.4, 0.5) is 0 Å². The molecular formula is C29H38ClN3O3. The minimum absolute atomic E-state index is 0.0190. The van der Waals surface area contributed by atoms with Crippen LogP contribution in [0.3, 0.4) is 0 Å². The highest BCUT2D eigenvalue weighted by molar-refractivity contribution is 6.33. The predicted molar refractivity (Wildman–Crippen MR) is 147 cm³/mol. The van der Waals surface area contributed by atoms with Crippen molar-refractivity contribution in [1.82, 2.24) is 14.7 Å². The van der Waals surface area contributed by atoms with Gasteiger partial charge in [0.05, 0.1) is 17.7 Å². The molecule has 3 rings (SSSR count). The van der Waals surface area contributed by atoms with E-state index in [1.807, 2.05) is 58.4 Å². The topological polar surface area (TPSA) is 53.1 Å². The van der Waals surface area contributed by atoms with Gasteiger partial charge >= 0.3 is 0 Å². The Morgan fingerprint density at radius 3 is 2.47 bits per heavy atom. The maximum absolute atomic E-state index is 13.0. The summed E-state index contributed by atoms with van der Waals surface area (Å²) in [6.07, 6.45) is 7.72. The molecular weight excluding hydrogens is 474 g/mol. The smallest absolute Gasteiger partial charge is 0.255 e. The summed E-state index contributed by atoms with van der Waals surface area (Å²) in [5, 5.41) is 0.489. The number of unbranched alkanes of at least 4 members (excludes halogenated alkanes) is 2. The molecule has 0 unspecified atom stereocenters.